The van der Waals surface area contributed by atoms with Crippen LogP contribution in [0.15, 0.2) is 42.5 Å². The maximum Gasteiger partial charge on any atom is 0.261 e. The van der Waals surface area contributed by atoms with Gasteiger partial charge in [0.1, 0.15) is 5.75 Å². The van der Waals surface area contributed by atoms with E-state index in [0.717, 1.165) is 34.7 Å². The van der Waals surface area contributed by atoms with Crippen LogP contribution in [0.2, 0.25) is 5.02 Å². The van der Waals surface area contributed by atoms with Crippen LogP contribution < -0.4 is 10.1 Å². The van der Waals surface area contributed by atoms with E-state index < -0.39 is 6.10 Å². The molecule has 25 heavy (non-hydrogen) atoms. The Balaban J connectivity index is 1.81. The molecule has 0 spiro atoms. The monoisotopic (exact) mass is 359 g/mol. The molecule has 0 saturated carbocycles. The Bertz CT molecular complexity index is 698. The molecule has 0 unspecified atom stereocenters. The average Bonchev–Trinajstić information content (AvgIpc) is 2.61. The van der Waals surface area contributed by atoms with Crippen molar-refractivity contribution in [2.75, 3.05) is 6.54 Å². The SMILES string of the molecule is CC[C@H](Oc1cccc(C)c1C)C(=O)NCCCc1ccc(Cl)cc1. The number of benzene rings is 2. The molecule has 0 saturated heterocycles. The van der Waals surface area contributed by atoms with Gasteiger partial charge in [-0.2, -0.15) is 0 Å². The third kappa shape index (κ3) is 5.79. The van der Waals surface area contributed by atoms with E-state index in [-0.39, 0.29) is 5.91 Å². The summed E-state index contributed by atoms with van der Waals surface area (Å²) in [6.07, 6.45) is 1.96. The Labute approximate surface area is 155 Å². The minimum atomic E-state index is -0.462. The number of rotatable bonds is 8. The quantitative estimate of drug-likeness (QED) is 0.683. The normalized spacial score (nSPS) is 11.8. The predicted octanol–water partition coefficient (Wildman–Crippen LogP) is 4.86. The third-order valence-electron chi connectivity index (χ3n) is 4.34. The van der Waals surface area contributed by atoms with Gasteiger partial charge in [0, 0.05) is 11.6 Å². The van der Waals surface area contributed by atoms with Crippen LogP contribution in [0.1, 0.15) is 36.5 Å². The average molecular weight is 360 g/mol. The highest BCUT2D eigenvalue weighted by Crippen LogP contribution is 2.22. The van der Waals surface area contributed by atoms with Gasteiger partial charge in [0.2, 0.25) is 0 Å². The fourth-order valence-corrected chi connectivity index (χ4v) is 2.72. The van der Waals surface area contributed by atoms with E-state index in [2.05, 4.69) is 5.32 Å². The number of ether oxygens (including phenoxy) is 1. The fraction of sp³-hybridized carbons (Fsp3) is 0.381. The molecule has 3 nitrogen and oxygen atoms in total. The highest BCUT2D eigenvalue weighted by atomic mass is 35.5. The Kier molecular flexibility index (Phi) is 7.32. The Hall–Kier alpha value is -2.00. The van der Waals surface area contributed by atoms with Crippen molar-refractivity contribution in [2.45, 2.75) is 46.1 Å². The standard InChI is InChI=1S/C21H26ClNO2/c1-4-19(25-20-9-5-7-15(2)16(20)3)21(24)23-14-6-8-17-10-12-18(22)13-11-17/h5,7,9-13,19H,4,6,8,14H2,1-3H3,(H,23,24)/t19-/m0/s1. The molecule has 1 atom stereocenters. The van der Waals surface area contributed by atoms with Gasteiger partial charge in [-0.15, -0.1) is 0 Å². The van der Waals surface area contributed by atoms with E-state index in [1.165, 1.54) is 5.56 Å². The van der Waals surface area contributed by atoms with E-state index in [1.54, 1.807) is 0 Å². The predicted molar refractivity (Wildman–Crippen MR) is 103 cm³/mol. The summed E-state index contributed by atoms with van der Waals surface area (Å²) < 4.78 is 5.94. The summed E-state index contributed by atoms with van der Waals surface area (Å²) in [7, 11) is 0. The van der Waals surface area contributed by atoms with Gasteiger partial charge in [0.25, 0.3) is 5.91 Å². The molecule has 2 rings (SSSR count). The van der Waals surface area contributed by atoms with Crippen LogP contribution in [0.25, 0.3) is 0 Å². The van der Waals surface area contributed by atoms with Crippen molar-refractivity contribution < 1.29 is 9.53 Å². The lowest BCUT2D eigenvalue weighted by molar-refractivity contribution is -0.128. The van der Waals surface area contributed by atoms with Gasteiger partial charge in [-0.05, 0) is 68.0 Å². The van der Waals surface area contributed by atoms with Crippen LogP contribution >= 0.6 is 11.6 Å². The molecule has 0 heterocycles. The molecule has 0 aliphatic rings. The number of carbonyl (C=O) groups excluding carboxylic acids is 1. The van der Waals surface area contributed by atoms with Gasteiger partial charge in [-0.1, -0.05) is 42.8 Å². The zero-order valence-corrected chi connectivity index (χ0v) is 15.9. The second-order valence-corrected chi connectivity index (χ2v) is 6.67. The summed E-state index contributed by atoms with van der Waals surface area (Å²) >= 11 is 5.88. The Morgan fingerprint density at radius 1 is 1.16 bits per heavy atom. The minimum Gasteiger partial charge on any atom is -0.480 e. The van der Waals surface area contributed by atoms with E-state index in [1.807, 2.05) is 63.2 Å². The maximum absolute atomic E-state index is 12.4. The molecule has 2 aromatic rings. The first-order valence-corrected chi connectivity index (χ1v) is 9.14. The number of aryl methyl sites for hydroxylation is 2. The van der Waals surface area contributed by atoms with Gasteiger partial charge in [-0.3, -0.25) is 4.79 Å². The third-order valence-corrected chi connectivity index (χ3v) is 4.59. The molecule has 4 heteroatoms. The molecule has 1 N–H and O–H groups in total. The highest BCUT2D eigenvalue weighted by molar-refractivity contribution is 6.30. The lowest BCUT2D eigenvalue weighted by atomic mass is 10.1. The Morgan fingerprint density at radius 2 is 1.88 bits per heavy atom. The molecule has 0 aromatic heterocycles. The van der Waals surface area contributed by atoms with Crippen LogP contribution in [-0.4, -0.2) is 18.6 Å². The maximum atomic E-state index is 12.4. The number of carbonyl (C=O) groups is 1. The van der Waals surface area contributed by atoms with Crippen LogP contribution in [0.5, 0.6) is 5.75 Å². The molecular formula is C21H26ClNO2. The van der Waals surface area contributed by atoms with Crippen molar-refractivity contribution in [2.24, 2.45) is 0 Å². The number of hydrogen-bond acceptors (Lipinski definition) is 2. The van der Waals surface area contributed by atoms with Crippen LogP contribution in [0.4, 0.5) is 0 Å². The first-order chi connectivity index (χ1) is 12.0. The van der Waals surface area contributed by atoms with Crippen molar-refractivity contribution in [3.63, 3.8) is 0 Å². The second-order valence-electron chi connectivity index (χ2n) is 6.23. The molecule has 134 valence electrons. The number of amides is 1. The van der Waals surface area contributed by atoms with Crippen molar-refractivity contribution >= 4 is 17.5 Å². The first kappa shape index (κ1) is 19.3. The van der Waals surface area contributed by atoms with E-state index in [4.69, 9.17) is 16.3 Å². The number of nitrogens with one attached hydrogen (secondary N) is 1. The zero-order valence-electron chi connectivity index (χ0n) is 15.1. The summed E-state index contributed by atoms with van der Waals surface area (Å²) in [5, 5.41) is 3.72. The second kappa shape index (κ2) is 9.47. The molecule has 1 amide bonds. The lowest BCUT2D eigenvalue weighted by Crippen LogP contribution is -2.38. The summed E-state index contributed by atoms with van der Waals surface area (Å²) in [6.45, 7) is 6.65. The molecule has 0 bridgehead atoms. The van der Waals surface area contributed by atoms with Crippen LogP contribution in [0.3, 0.4) is 0 Å². The molecule has 0 fully saturated rings. The zero-order chi connectivity index (χ0) is 18.2. The van der Waals surface area contributed by atoms with Crippen LogP contribution in [-0.2, 0) is 11.2 Å². The van der Waals surface area contributed by atoms with Gasteiger partial charge < -0.3 is 10.1 Å². The van der Waals surface area contributed by atoms with Gasteiger partial charge in [-0.25, -0.2) is 0 Å². The molecule has 2 aromatic carbocycles. The van der Waals surface area contributed by atoms with Crippen molar-refractivity contribution in [3.8, 4) is 5.75 Å². The minimum absolute atomic E-state index is 0.0560. The van der Waals surface area contributed by atoms with Gasteiger partial charge in [0.15, 0.2) is 6.10 Å². The van der Waals surface area contributed by atoms with Gasteiger partial charge >= 0.3 is 0 Å². The summed E-state index contributed by atoms with van der Waals surface area (Å²) in [5.74, 6) is 0.725. The van der Waals surface area contributed by atoms with E-state index >= 15 is 0 Å². The lowest BCUT2D eigenvalue weighted by Gasteiger charge is -2.19. The molecular weight excluding hydrogens is 334 g/mol. The van der Waals surface area contributed by atoms with E-state index in [9.17, 15) is 4.79 Å². The molecule has 0 radical (unpaired) electrons. The summed E-state index contributed by atoms with van der Waals surface area (Å²) in [4.78, 5) is 12.4. The number of hydrogen-bond donors (Lipinski definition) is 1. The summed E-state index contributed by atoms with van der Waals surface area (Å²) in [6, 6.07) is 13.7. The summed E-state index contributed by atoms with van der Waals surface area (Å²) in [5.41, 5.74) is 3.46. The highest BCUT2D eigenvalue weighted by Gasteiger charge is 2.18. The molecule has 0 aliphatic heterocycles. The number of halogens is 1. The fourth-order valence-electron chi connectivity index (χ4n) is 2.60. The van der Waals surface area contributed by atoms with Gasteiger partial charge in [0.05, 0.1) is 0 Å². The smallest absolute Gasteiger partial charge is 0.261 e. The van der Waals surface area contributed by atoms with Crippen LogP contribution in [0, 0.1) is 13.8 Å². The first-order valence-electron chi connectivity index (χ1n) is 8.76. The van der Waals surface area contributed by atoms with Crippen molar-refractivity contribution in [1.82, 2.24) is 5.32 Å². The van der Waals surface area contributed by atoms with Crippen molar-refractivity contribution in [1.29, 1.82) is 0 Å². The Morgan fingerprint density at radius 3 is 2.56 bits per heavy atom. The topological polar surface area (TPSA) is 38.3 Å². The van der Waals surface area contributed by atoms with E-state index in [0.29, 0.717) is 13.0 Å². The van der Waals surface area contributed by atoms with Crippen molar-refractivity contribution in [3.05, 3.63) is 64.2 Å². The molecule has 0 aliphatic carbocycles. The largest absolute Gasteiger partial charge is 0.480 e.